The number of amides is 1. The molecule has 0 spiro atoms. The third kappa shape index (κ3) is 3.92. The summed E-state index contributed by atoms with van der Waals surface area (Å²) in [5, 5.41) is 4.29. The summed E-state index contributed by atoms with van der Waals surface area (Å²) < 4.78 is 0. The molecule has 0 atom stereocenters. The Morgan fingerprint density at radius 3 is 2.52 bits per heavy atom. The van der Waals surface area contributed by atoms with E-state index in [4.69, 9.17) is 0 Å². The number of fused-ring (bicyclic) bond motifs is 1. The maximum Gasteiger partial charge on any atom is 0.291 e. The van der Waals surface area contributed by atoms with Gasteiger partial charge in [0.05, 0.1) is 5.52 Å². The normalized spacial score (nSPS) is 14.8. The Hall–Kier alpha value is -2.95. The van der Waals surface area contributed by atoms with Gasteiger partial charge in [0.25, 0.3) is 5.91 Å². The van der Waals surface area contributed by atoms with Gasteiger partial charge in [-0.25, -0.2) is 9.97 Å². The van der Waals surface area contributed by atoms with Crippen molar-refractivity contribution in [2.24, 2.45) is 0 Å². The lowest BCUT2D eigenvalue weighted by Crippen LogP contribution is -2.33. The van der Waals surface area contributed by atoms with Crippen molar-refractivity contribution in [3.63, 3.8) is 0 Å². The second kappa shape index (κ2) is 7.74. The van der Waals surface area contributed by atoms with Crippen molar-refractivity contribution in [1.82, 2.24) is 14.9 Å². The molecule has 0 aliphatic carbocycles. The lowest BCUT2D eigenvalue weighted by molar-refractivity contribution is 0.0750. The van der Waals surface area contributed by atoms with E-state index in [0.717, 1.165) is 42.5 Å². The number of hydrogen-bond donors (Lipinski definition) is 1. The van der Waals surface area contributed by atoms with Crippen LogP contribution >= 0.6 is 0 Å². The minimum atomic E-state index is -0.0741. The number of rotatable bonds is 3. The molecule has 138 valence electrons. The fraction of sp³-hybridized carbons (Fsp3) is 0.318. The van der Waals surface area contributed by atoms with E-state index in [1.165, 1.54) is 18.4 Å². The molecule has 27 heavy (non-hydrogen) atoms. The van der Waals surface area contributed by atoms with E-state index in [-0.39, 0.29) is 11.7 Å². The molecular formula is C22H24N4O. The second-order valence-corrected chi connectivity index (χ2v) is 7.11. The topological polar surface area (TPSA) is 58.1 Å². The quantitative estimate of drug-likeness (QED) is 0.736. The number of hydrogen-bond acceptors (Lipinski definition) is 4. The van der Waals surface area contributed by atoms with Crippen LogP contribution in [-0.2, 0) is 0 Å². The average molecular weight is 360 g/mol. The monoisotopic (exact) mass is 360 g/mol. The second-order valence-electron chi connectivity index (χ2n) is 7.11. The Kier molecular flexibility index (Phi) is 5.01. The van der Waals surface area contributed by atoms with Crippen LogP contribution < -0.4 is 5.32 Å². The molecule has 1 amide bonds. The van der Waals surface area contributed by atoms with Gasteiger partial charge in [0, 0.05) is 24.2 Å². The molecule has 5 nitrogen and oxygen atoms in total. The third-order valence-electron chi connectivity index (χ3n) is 4.97. The van der Waals surface area contributed by atoms with E-state index in [1.807, 2.05) is 41.3 Å². The molecule has 1 aliphatic heterocycles. The predicted molar refractivity (Wildman–Crippen MR) is 108 cm³/mol. The fourth-order valence-electron chi connectivity index (χ4n) is 3.54. The average Bonchev–Trinajstić information content (AvgIpc) is 2.97. The fourth-order valence-corrected chi connectivity index (χ4v) is 3.54. The smallest absolute Gasteiger partial charge is 0.291 e. The highest BCUT2D eigenvalue weighted by molar-refractivity contribution is 5.97. The van der Waals surface area contributed by atoms with Crippen LogP contribution in [0.5, 0.6) is 0 Å². The van der Waals surface area contributed by atoms with Gasteiger partial charge < -0.3 is 10.2 Å². The molecular weight excluding hydrogens is 336 g/mol. The Bertz CT molecular complexity index is 961. The number of carbonyl (C=O) groups excluding carboxylic acids is 1. The minimum Gasteiger partial charge on any atom is -0.340 e. The Balaban J connectivity index is 1.72. The Morgan fingerprint density at radius 1 is 0.963 bits per heavy atom. The molecule has 1 aliphatic rings. The van der Waals surface area contributed by atoms with Crippen LogP contribution in [-0.4, -0.2) is 33.9 Å². The summed E-state index contributed by atoms with van der Waals surface area (Å²) in [6.07, 6.45) is 4.46. The van der Waals surface area contributed by atoms with Gasteiger partial charge >= 0.3 is 0 Å². The van der Waals surface area contributed by atoms with Crippen molar-refractivity contribution in [3.05, 3.63) is 59.9 Å². The molecule has 1 fully saturated rings. The van der Waals surface area contributed by atoms with Crippen molar-refractivity contribution >= 4 is 28.3 Å². The van der Waals surface area contributed by atoms with Gasteiger partial charge in [0.1, 0.15) is 5.82 Å². The standard InChI is InChI=1S/C22H24N4O/c1-16-9-8-10-17(15-16)23-20-18-11-4-5-12-19(18)24-21(25-20)22(27)26-13-6-2-3-7-14-26/h4-5,8-12,15H,2-3,6-7,13-14H2,1H3,(H,23,24,25). The van der Waals surface area contributed by atoms with Crippen molar-refractivity contribution in [1.29, 1.82) is 0 Å². The van der Waals surface area contributed by atoms with Crippen LogP contribution in [0, 0.1) is 6.92 Å². The highest BCUT2D eigenvalue weighted by Gasteiger charge is 2.21. The number of carbonyl (C=O) groups is 1. The first-order valence-electron chi connectivity index (χ1n) is 9.60. The Morgan fingerprint density at radius 2 is 1.74 bits per heavy atom. The third-order valence-corrected chi connectivity index (χ3v) is 4.97. The lowest BCUT2D eigenvalue weighted by atomic mass is 10.2. The zero-order valence-electron chi connectivity index (χ0n) is 15.6. The summed E-state index contributed by atoms with van der Waals surface area (Å²) in [6.45, 7) is 3.63. The molecule has 4 rings (SSSR count). The van der Waals surface area contributed by atoms with Gasteiger partial charge in [0.15, 0.2) is 0 Å². The molecule has 2 aromatic carbocycles. The van der Waals surface area contributed by atoms with Gasteiger partial charge in [-0.15, -0.1) is 0 Å². The maximum absolute atomic E-state index is 13.0. The predicted octanol–water partition coefficient (Wildman–Crippen LogP) is 4.70. The van der Waals surface area contributed by atoms with Crippen molar-refractivity contribution in [2.45, 2.75) is 32.6 Å². The summed E-state index contributed by atoms with van der Waals surface area (Å²) in [6, 6.07) is 15.9. The summed E-state index contributed by atoms with van der Waals surface area (Å²) in [7, 11) is 0. The molecule has 0 bridgehead atoms. The minimum absolute atomic E-state index is 0.0741. The van der Waals surface area contributed by atoms with E-state index >= 15 is 0 Å². The molecule has 0 saturated carbocycles. The van der Waals surface area contributed by atoms with Crippen LogP contribution in [0.25, 0.3) is 10.9 Å². The zero-order valence-corrected chi connectivity index (χ0v) is 15.6. The van der Waals surface area contributed by atoms with Crippen LogP contribution in [0.4, 0.5) is 11.5 Å². The SMILES string of the molecule is Cc1cccc(Nc2nc(C(=O)N3CCCCCC3)nc3ccccc23)c1. The van der Waals surface area contributed by atoms with Crippen LogP contribution in [0.1, 0.15) is 41.9 Å². The molecule has 0 unspecified atom stereocenters. The largest absolute Gasteiger partial charge is 0.340 e. The maximum atomic E-state index is 13.0. The highest BCUT2D eigenvalue weighted by Crippen LogP contribution is 2.25. The number of aryl methyl sites for hydroxylation is 1. The first-order valence-corrected chi connectivity index (χ1v) is 9.60. The number of likely N-dealkylation sites (tertiary alicyclic amines) is 1. The van der Waals surface area contributed by atoms with Crippen LogP contribution in [0.15, 0.2) is 48.5 Å². The molecule has 1 aromatic heterocycles. The number of anilines is 2. The van der Waals surface area contributed by atoms with E-state index < -0.39 is 0 Å². The number of nitrogens with one attached hydrogen (secondary N) is 1. The first kappa shape index (κ1) is 17.5. The van der Waals surface area contributed by atoms with E-state index in [0.29, 0.717) is 5.82 Å². The lowest BCUT2D eigenvalue weighted by Gasteiger charge is -2.20. The van der Waals surface area contributed by atoms with Gasteiger partial charge in [0.2, 0.25) is 5.82 Å². The Labute approximate surface area is 159 Å². The van der Waals surface area contributed by atoms with Gasteiger partial charge in [-0.2, -0.15) is 0 Å². The van der Waals surface area contributed by atoms with E-state index in [9.17, 15) is 4.79 Å². The van der Waals surface area contributed by atoms with Gasteiger partial charge in [-0.3, -0.25) is 4.79 Å². The van der Waals surface area contributed by atoms with Gasteiger partial charge in [-0.1, -0.05) is 37.1 Å². The summed E-state index contributed by atoms with van der Waals surface area (Å²) >= 11 is 0. The van der Waals surface area contributed by atoms with E-state index in [2.05, 4.69) is 34.3 Å². The first-order chi connectivity index (χ1) is 13.2. The summed E-state index contributed by atoms with van der Waals surface area (Å²) in [4.78, 5) is 24.1. The number of nitrogens with zero attached hydrogens (tertiary/aromatic N) is 3. The van der Waals surface area contributed by atoms with Crippen molar-refractivity contribution in [2.75, 3.05) is 18.4 Å². The van der Waals surface area contributed by atoms with Crippen molar-refractivity contribution in [3.8, 4) is 0 Å². The van der Waals surface area contributed by atoms with Crippen LogP contribution in [0.3, 0.4) is 0 Å². The molecule has 1 saturated heterocycles. The molecule has 3 aromatic rings. The van der Waals surface area contributed by atoms with E-state index in [1.54, 1.807) is 0 Å². The summed E-state index contributed by atoms with van der Waals surface area (Å²) in [5.41, 5.74) is 2.90. The van der Waals surface area contributed by atoms with Crippen molar-refractivity contribution < 1.29 is 4.79 Å². The molecule has 0 radical (unpaired) electrons. The summed E-state index contributed by atoms with van der Waals surface area (Å²) in [5.74, 6) is 0.866. The molecule has 5 heteroatoms. The van der Waals surface area contributed by atoms with Gasteiger partial charge in [-0.05, 0) is 49.6 Å². The number of aromatic nitrogens is 2. The molecule has 1 N–H and O–H groups in total. The molecule has 2 heterocycles. The zero-order chi connectivity index (χ0) is 18.6. The highest BCUT2D eigenvalue weighted by atomic mass is 16.2. The number of benzene rings is 2. The number of para-hydroxylation sites is 1. The van der Waals surface area contributed by atoms with Crippen LogP contribution in [0.2, 0.25) is 0 Å².